The lowest BCUT2D eigenvalue weighted by Gasteiger charge is -2.14. The number of ether oxygens (including phenoxy) is 3. The molecule has 0 radical (unpaired) electrons. The number of rotatable bonds is 8. The van der Waals surface area contributed by atoms with Gasteiger partial charge in [-0.05, 0) is 65.7 Å². The standard InChI is InChI=1S/C22H21BrN2O8/c1-4-31-20(27)12(2)32-17-7-5-13(9-15(17)23)10-16-19(26)25(22(29)24-16)11-14-6-8-18(33-14)21(28)30-3/h5-10,12H,4,11H2,1-3H3,(H,24,29)/b16-10-/t12-/m1/s1. The first-order valence-corrected chi connectivity index (χ1v) is 10.7. The van der Waals surface area contributed by atoms with Crippen molar-refractivity contribution in [2.24, 2.45) is 0 Å². The van der Waals surface area contributed by atoms with Crippen LogP contribution in [0, 0.1) is 0 Å². The van der Waals surface area contributed by atoms with Gasteiger partial charge in [0.2, 0.25) is 5.76 Å². The molecule has 3 amide bonds. The van der Waals surface area contributed by atoms with E-state index in [1.165, 1.54) is 25.3 Å². The van der Waals surface area contributed by atoms with Crippen LogP contribution in [-0.2, 0) is 25.6 Å². The Bertz CT molecular complexity index is 1120. The van der Waals surface area contributed by atoms with Crippen LogP contribution in [0.25, 0.3) is 6.08 Å². The van der Waals surface area contributed by atoms with E-state index in [0.717, 1.165) is 4.90 Å². The number of nitrogens with one attached hydrogen (secondary N) is 1. The minimum atomic E-state index is -0.795. The zero-order chi connectivity index (χ0) is 24.1. The van der Waals surface area contributed by atoms with Gasteiger partial charge in [0.05, 0.1) is 24.7 Å². The smallest absolute Gasteiger partial charge is 0.373 e. The highest BCUT2D eigenvalue weighted by Gasteiger charge is 2.34. The Hall–Kier alpha value is -3.60. The van der Waals surface area contributed by atoms with Crippen molar-refractivity contribution < 1.29 is 37.8 Å². The van der Waals surface area contributed by atoms with Crippen molar-refractivity contribution in [3.63, 3.8) is 0 Å². The fourth-order valence-corrected chi connectivity index (χ4v) is 3.40. The Labute approximate surface area is 197 Å². The Morgan fingerprint density at radius 2 is 2.00 bits per heavy atom. The summed E-state index contributed by atoms with van der Waals surface area (Å²) in [6.07, 6.45) is 0.710. The van der Waals surface area contributed by atoms with Crippen molar-refractivity contribution in [2.45, 2.75) is 26.5 Å². The van der Waals surface area contributed by atoms with Gasteiger partial charge in [-0.15, -0.1) is 0 Å². The molecule has 11 heteroatoms. The van der Waals surface area contributed by atoms with E-state index in [0.29, 0.717) is 15.8 Å². The highest BCUT2D eigenvalue weighted by molar-refractivity contribution is 9.10. The first-order valence-electron chi connectivity index (χ1n) is 9.87. The number of amides is 3. The van der Waals surface area contributed by atoms with E-state index < -0.39 is 30.0 Å². The summed E-state index contributed by atoms with van der Waals surface area (Å²) >= 11 is 3.38. The molecule has 0 spiro atoms. The van der Waals surface area contributed by atoms with E-state index in [9.17, 15) is 19.2 Å². The third-order valence-electron chi connectivity index (χ3n) is 4.51. The van der Waals surface area contributed by atoms with Gasteiger partial charge in [0.1, 0.15) is 17.2 Å². The van der Waals surface area contributed by atoms with Crippen molar-refractivity contribution in [2.75, 3.05) is 13.7 Å². The number of esters is 2. The zero-order valence-electron chi connectivity index (χ0n) is 18.0. The summed E-state index contributed by atoms with van der Waals surface area (Å²) in [6, 6.07) is 7.24. The lowest BCUT2D eigenvalue weighted by molar-refractivity contribution is -0.150. The first-order chi connectivity index (χ1) is 15.7. The SMILES string of the molecule is CCOC(=O)[C@@H](C)Oc1ccc(/C=C2\NC(=O)N(Cc3ccc(C(=O)OC)o3)C2=O)cc1Br. The number of carbonyl (C=O) groups is 4. The first kappa shape index (κ1) is 24.1. The normalized spacial score (nSPS) is 15.4. The molecule has 1 saturated heterocycles. The third-order valence-corrected chi connectivity index (χ3v) is 5.13. The molecule has 1 aliphatic heterocycles. The van der Waals surface area contributed by atoms with Crippen LogP contribution in [0.4, 0.5) is 4.79 Å². The van der Waals surface area contributed by atoms with Crippen LogP contribution in [0.3, 0.4) is 0 Å². The highest BCUT2D eigenvalue weighted by Crippen LogP contribution is 2.28. The Morgan fingerprint density at radius 3 is 2.67 bits per heavy atom. The van der Waals surface area contributed by atoms with Crippen molar-refractivity contribution in [3.05, 3.63) is 57.6 Å². The van der Waals surface area contributed by atoms with E-state index in [4.69, 9.17) is 13.9 Å². The lowest BCUT2D eigenvalue weighted by atomic mass is 10.2. The van der Waals surface area contributed by atoms with Crippen LogP contribution < -0.4 is 10.1 Å². The van der Waals surface area contributed by atoms with Crippen molar-refractivity contribution >= 4 is 45.9 Å². The van der Waals surface area contributed by atoms with Crippen molar-refractivity contribution in [1.82, 2.24) is 10.2 Å². The van der Waals surface area contributed by atoms with Gasteiger partial charge in [-0.1, -0.05) is 6.07 Å². The number of hydrogen-bond donors (Lipinski definition) is 1. The van der Waals surface area contributed by atoms with Crippen molar-refractivity contribution in [1.29, 1.82) is 0 Å². The summed E-state index contributed by atoms with van der Waals surface area (Å²) in [5, 5.41) is 2.52. The molecule has 3 rings (SSSR count). The fraction of sp³-hybridized carbons (Fsp3) is 0.273. The monoisotopic (exact) mass is 520 g/mol. The highest BCUT2D eigenvalue weighted by atomic mass is 79.9. The molecular formula is C22H21BrN2O8. The predicted molar refractivity (Wildman–Crippen MR) is 118 cm³/mol. The van der Waals surface area contributed by atoms with Gasteiger partial charge in [0.25, 0.3) is 5.91 Å². The maximum atomic E-state index is 12.7. The van der Waals surface area contributed by atoms with E-state index >= 15 is 0 Å². The second-order valence-corrected chi connectivity index (χ2v) is 7.69. The zero-order valence-corrected chi connectivity index (χ0v) is 19.6. The van der Waals surface area contributed by atoms with Crippen LogP contribution in [0.1, 0.15) is 35.7 Å². The van der Waals surface area contributed by atoms with Gasteiger partial charge >= 0.3 is 18.0 Å². The molecule has 0 unspecified atom stereocenters. The molecule has 2 aromatic rings. The van der Waals surface area contributed by atoms with Crippen molar-refractivity contribution in [3.8, 4) is 5.75 Å². The van der Waals surface area contributed by atoms with Gasteiger partial charge < -0.3 is 23.9 Å². The summed E-state index contributed by atoms with van der Waals surface area (Å²) in [7, 11) is 1.22. The molecule has 1 fully saturated rings. The summed E-state index contributed by atoms with van der Waals surface area (Å²) in [6.45, 7) is 3.39. The summed E-state index contributed by atoms with van der Waals surface area (Å²) in [5.41, 5.74) is 0.676. The van der Waals surface area contributed by atoms with Crippen LogP contribution in [0.5, 0.6) is 5.75 Å². The topological polar surface area (TPSA) is 124 Å². The Morgan fingerprint density at radius 1 is 1.24 bits per heavy atom. The molecule has 1 aliphatic rings. The van der Waals surface area contributed by atoms with Crippen LogP contribution in [0.2, 0.25) is 0 Å². The molecule has 0 bridgehead atoms. The fourth-order valence-electron chi connectivity index (χ4n) is 2.91. The quantitative estimate of drug-likeness (QED) is 0.319. The molecule has 10 nitrogen and oxygen atoms in total. The second kappa shape index (κ2) is 10.3. The summed E-state index contributed by atoms with van der Waals surface area (Å²) < 4.78 is 21.0. The van der Waals surface area contributed by atoms with Gasteiger partial charge in [-0.25, -0.2) is 14.4 Å². The largest absolute Gasteiger partial charge is 0.478 e. The summed E-state index contributed by atoms with van der Waals surface area (Å²) in [5.74, 6) is -1.05. The molecular weight excluding hydrogens is 500 g/mol. The molecule has 1 atom stereocenters. The minimum Gasteiger partial charge on any atom is -0.478 e. The third kappa shape index (κ3) is 5.61. The van der Waals surface area contributed by atoms with Crippen LogP contribution in [-0.4, -0.2) is 48.6 Å². The molecule has 0 aliphatic carbocycles. The van der Waals surface area contributed by atoms with E-state index in [2.05, 4.69) is 26.0 Å². The lowest BCUT2D eigenvalue weighted by Crippen LogP contribution is -2.30. The van der Waals surface area contributed by atoms with Gasteiger partial charge in [0, 0.05) is 0 Å². The Kier molecular flexibility index (Phi) is 7.54. The number of urea groups is 1. The number of halogens is 1. The molecule has 0 saturated carbocycles. The van der Waals surface area contributed by atoms with Crippen LogP contribution >= 0.6 is 15.9 Å². The van der Waals surface area contributed by atoms with Crippen LogP contribution in [0.15, 0.2) is 44.9 Å². The molecule has 1 aromatic heterocycles. The number of furan rings is 1. The summed E-state index contributed by atoms with van der Waals surface area (Å²) in [4.78, 5) is 49.2. The number of nitrogens with zero attached hydrogens (tertiary/aromatic N) is 1. The number of hydrogen-bond acceptors (Lipinski definition) is 8. The Balaban J connectivity index is 1.71. The molecule has 2 heterocycles. The number of imide groups is 1. The second-order valence-electron chi connectivity index (χ2n) is 6.84. The van der Waals surface area contributed by atoms with Gasteiger partial charge in [-0.3, -0.25) is 9.69 Å². The molecule has 1 N–H and O–H groups in total. The maximum Gasteiger partial charge on any atom is 0.373 e. The number of benzene rings is 1. The van der Waals surface area contributed by atoms with E-state index in [-0.39, 0.29) is 30.4 Å². The average molecular weight is 521 g/mol. The average Bonchev–Trinajstić information content (AvgIpc) is 3.35. The predicted octanol–water partition coefficient (Wildman–Crippen LogP) is 3.25. The maximum absolute atomic E-state index is 12.7. The number of methoxy groups -OCH3 is 1. The number of carbonyl (C=O) groups excluding carboxylic acids is 4. The van der Waals surface area contributed by atoms with E-state index in [1.807, 2.05) is 0 Å². The molecule has 1 aromatic carbocycles. The van der Waals surface area contributed by atoms with Gasteiger partial charge in [-0.2, -0.15) is 0 Å². The van der Waals surface area contributed by atoms with Gasteiger partial charge in [0.15, 0.2) is 6.10 Å². The molecule has 33 heavy (non-hydrogen) atoms. The minimum absolute atomic E-state index is 0.0280. The molecule has 174 valence electrons. The van der Waals surface area contributed by atoms with E-state index in [1.54, 1.807) is 32.0 Å².